The van der Waals surface area contributed by atoms with E-state index < -0.39 is 0 Å². The summed E-state index contributed by atoms with van der Waals surface area (Å²) in [6.45, 7) is 3.32. The molecule has 1 fully saturated rings. The Bertz CT molecular complexity index is 601. The smallest absolute Gasteiger partial charge is 0.252 e. The van der Waals surface area contributed by atoms with E-state index in [2.05, 4.69) is 15.3 Å². The van der Waals surface area contributed by atoms with Gasteiger partial charge in [0.15, 0.2) is 0 Å². The molecule has 1 atom stereocenters. The van der Waals surface area contributed by atoms with Gasteiger partial charge in [-0.2, -0.15) is 0 Å². The first kappa shape index (κ1) is 13.8. The molecule has 2 aromatic rings. The Morgan fingerprint density at radius 1 is 1.52 bits per heavy atom. The minimum atomic E-state index is -0.236. The Balaban J connectivity index is 1.62. The molecule has 1 aliphatic rings. The van der Waals surface area contributed by atoms with Gasteiger partial charge in [-0.1, -0.05) is 0 Å². The first-order valence-electron chi connectivity index (χ1n) is 7.03. The van der Waals surface area contributed by atoms with Crippen molar-refractivity contribution in [2.45, 2.75) is 25.4 Å². The standard InChI is InChI=1S/C15H18N4O2/c1-15(5-2-8-21-15)10-18-14(20)12-3-4-13(17-9-12)19-7-6-16-11-19/h3-4,6-7,9,11H,2,5,8,10H2,1H3,(H,18,20)/t15-/m1/s1. The number of rotatable bonds is 4. The third-order valence-corrected chi connectivity index (χ3v) is 3.70. The fourth-order valence-corrected chi connectivity index (χ4v) is 2.41. The van der Waals surface area contributed by atoms with Crippen molar-refractivity contribution in [2.75, 3.05) is 13.2 Å². The number of imidazole rings is 1. The van der Waals surface area contributed by atoms with E-state index in [-0.39, 0.29) is 11.5 Å². The van der Waals surface area contributed by atoms with Crippen molar-refractivity contribution in [3.63, 3.8) is 0 Å². The summed E-state index contributed by atoms with van der Waals surface area (Å²) in [6.07, 6.45) is 8.76. The van der Waals surface area contributed by atoms with Crippen LogP contribution in [0.1, 0.15) is 30.1 Å². The fraction of sp³-hybridized carbons (Fsp3) is 0.400. The molecule has 0 bridgehead atoms. The van der Waals surface area contributed by atoms with E-state index in [1.165, 1.54) is 0 Å². The highest BCUT2D eigenvalue weighted by atomic mass is 16.5. The number of aromatic nitrogens is 3. The van der Waals surface area contributed by atoms with Crippen LogP contribution in [0.3, 0.4) is 0 Å². The van der Waals surface area contributed by atoms with Gasteiger partial charge in [-0.3, -0.25) is 9.36 Å². The molecule has 0 aliphatic carbocycles. The fourth-order valence-electron chi connectivity index (χ4n) is 2.41. The Morgan fingerprint density at radius 3 is 3.05 bits per heavy atom. The van der Waals surface area contributed by atoms with Gasteiger partial charge in [-0.05, 0) is 31.9 Å². The minimum Gasteiger partial charge on any atom is -0.373 e. The van der Waals surface area contributed by atoms with Crippen LogP contribution in [0.25, 0.3) is 5.82 Å². The van der Waals surface area contributed by atoms with Crippen molar-refractivity contribution in [1.29, 1.82) is 0 Å². The normalized spacial score (nSPS) is 21.4. The van der Waals surface area contributed by atoms with E-state index in [4.69, 9.17) is 4.74 Å². The second-order valence-corrected chi connectivity index (χ2v) is 5.46. The molecule has 0 radical (unpaired) electrons. The average molecular weight is 286 g/mol. The SMILES string of the molecule is C[C@]1(CNC(=O)c2ccc(-n3ccnc3)nc2)CCCO1. The summed E-state index contributed by atoms with van der Waals surface area (Å²) in [5.41, 5.74) is 0.306. The molecule has 6 nitrogen and oxygen atoms in total. The lowest BCUT2D eigenvalue weighted by molar-refractivity contribution is 0.0206. The molecule has 110 valence electrons. The maximum atomic E-state index is 12.1. The first-order chi connectivity index (χ1) is 10.2. The molecule has 1 amide bonds. The van der Waals surface area contributed by atoms with Crippen molar-refractivity contribution in [1.82, 2.24) is 19.9 Å². The zero-order chi connectivity index (χ0) is 14.7. The van der Waals surface area contributed by atoms with Crippen molar-refractivity contribution >= 4 is 5.91 Å². The predicted octanol–water partition coefficient (Wildman–Crippen LogP) is 1.57. The third kappa shape index (κ3) is 3.11. The van der Waals surface area contributed by atoms with Crippen LogP contribution in [0.15, 0.2) is 37.1 Å². The molecular formula is C15H18N4O2. The maximum Gasteiger partial charge on any atom is 0.252 e. The molecule has 3 rings (SSSR count). The van der Waals surface area contributed by atoms with Gasteiger partial charge < -0.3 is 10.1 Å². The highest BCUT2D eigenvalue weighted by Gasteiger charge is 2.30. The van der Waals surface area contributed by atoms with Crippen molar-refractivity contribution < 1.29 is 9.53 Å². The van der Waals surface area contributed by atoms with Gasteiger partial charge in [0.05, 0.1) is 11.2 Å². The summed E-state index contributed by atoms with van der Waals surface area (Å²) >= 11 is 0. The van der Waals surface area contributed by atoms with Crippen molar-refractivity contribution in [3.05, 3.63) is 42.6 Å². The van der Waals surface area contributed by atoms with Crippen LogP contribution < -0.4 is 5.32 Å². The second kappa shape index (κ2) is 5.65. The monoisotopic (exact) mass is 286 g/mol. The first-order valence-corrected chi connectivity index (χ1v) is 7.03. The second-order valence-electron chi connectivity index (χ2n) is 5.46. The number of hydrogen-bond donors (Lipinski definition) is 1. The molecule has 0 saturated carbocycles. The number of pyridine rings is 1. The largest absolute Gasteiger partial charge is 0.373 e. The van der Waals surface area contributed by atoms with Gasteiger partial charge in [0.1, 0.15) is 12.1 Å². The van der Waals surface area contributed by atoms with Gasteiger partial charge >= 0.3 is 0 Å². The zero-order valence-electron chi connectivity index (χ0n) is 12.0. The quantitative estimate of drug-likeness (QED) is 0.926. The number of ether oxygens (including phenoxy) is 1. The predicted molar refractivity (Wildman–Crippen MR) is 77.3 cm³/mol. The molecule has 21 heavy (non-hydrogen) atoms. The summed E-state index contributed by atoms with van der Waals surface area (Å²) in [5, 5.41) is 2.91. The number of amides is 1. The van der Waals surface area contributed by atoms with Crippen LogP contribution in [0, 0.1) is 0 Å². The summed E-state index contributed by atoms with van der Waals surface area (Å²) < 4.78 is 7.44. The lowest BCUT2D eigenvalue weighted by Crippen LogP contribution is -2.40. The number of nitrogens with one attached hydrogen (secondary N) is 1. The molecule has 0 aromatic carbocycles. The van der Waals surface area contributed by atoms with Gasteiger partial charge in [0, 0.05) is 31.7 Å². The Kier molecular flexibility index (Phi) is 3.70. The molecule has 1 aliphatic heterocycles. The lowest BCUT2D eigenvalue weighted by atomic mass is 10.0. The third-order valence-electron chi connectivity index (χ3n) is 3.70. The summed E-state index contributed by atoms with van der Waals surface area (Å²) in [7, 11) is 0. The van der Waals surface area contributed by atoms with Crippen LogP contribution in [-0.2, 0) is 4.74 Å². The summed E-state index contributed by atoms with van der Waals surface area (Å²) in [4.78, 5) is 20.4. The number of hydrogen-bond acceptors (Lipinski definition) is 4. The molecule has 0 spiro atoms. The van der Waals surface area contributed by atoms with E-state index >= 15 is 0 Å². The van der Waals surface area contributed by atoms with Crippen molar-refractivity contribution in [3.8, 4) is 5.82 Å². The number of carbonyl (C=O) groups excluding carboxylic acids is 1. The van der Waals surface area contributed by atoms with Gasteiger partial charge in [0.25, 0.3) is 5.91 Å². The molecule has 2 aromatic heterocycles. The Morgan fingerprint density at radius 2 is 2.43 bits per heavy atom. The van der Waals surface area contributed by atoms with E-state index in [0.717, 1.165) is 25.3 Å². The van der Waals surface area contributed by atoms with Gasteiger partial charge in [0.2, 0.25) is 0 Å². The zero-order valence-corrected chi connectivity index (χ0v) is 12.0. The summed E-state index contributed by atoms with van der Waals surface area (Å²) in [5.74, 6) is 0.603. The van der Waals surface area contributed by atoms with E-state index in [1.807, 2.05) is 6.92 Å². The number of carbonyl (C=O) groups is 1. The van der Waals surface area contributed by atoms with Crippen LogP contribution in [-0.4, -0.2) is 39.2 Å². The van der Waals surface area contributed by atoms with Crippen LogP contribution in [0.2, 0.25) is 0 Å². The summed E-state index contributed by atoms with van der Waals surface area (Å²) in [6, 6.07) is 3.56. The van der Waals surface area contributed by atoms with Crippen LogP contribution in [0.5, 0.6) is 0 Å². The van der Waals surface area contributed by atoms with Crippen molar-refractivity contribution in [2.24, 2.45) is 0 Å². The van der Waals surface area contributed by atoms with E-state index in [9.17, 15) is 4.79 Å². The van der Waals surface area contributed by atoms with Crippen LogP contribution in [0.4, 0.5) is 0 Å². The minimum absolute atomic E-state index is 0.128. The Hall–Kier alpha value is -2.21. The number of nitrogens with zero attached hydrogens (tertiary/aromatic N) is 3. The molecule has 3 heterocycles. The maximum absolute atomic E-state index is 12.1. The molecule has 0 unspecified atom stereocenters. The highest BCUT2D eigenvalue weighted by Crippen LogP contribution is 2.23. The average Bonchev–Trinajstić information content (AvgIpc) is 3.17. The highest BCUT2D eigenvalue weighted by molar-refractivity contribution is 5.93. The van der Waals surface area contributed by atoms with Crippen LogP contribution >= 0.6 is 0 Å². The van der Waals surface area contributed by atoms with E-state index in [0.29, 0.717) is 12.1 Å². The molecule has 6 heteroatoms. The Labute approximate surface area is 123 Å². The van der Waals surface area contributed by atoms with Gasteiger partial charge in [-0.15, -0.1) is 0 Å². The van der Waals surface area contributed by atoms with E-state index in [1.54, 1.807) is 41.6 Å². The molecule has 1 N–H and O–H groups in total. The lowest BCUT2D eigenvalue weighted by Gasteiger charge is -2.23. The topological polar surface area (TPSA) is 69.0 Å². The van der Waals surface area contributed by atoms with Gasteiger partial charge in [-0.25, -0.2) is 9.97 Å². The molecular weight excluding hydrogens is 268 g/mol. The molecule has 1 saturated heterocycles.